The first-order chi connectivity index (χ1) is 12.6. The fourth-order valence-electron chi connectivity index (χ4n) is 5.21. The number of piperidine rings is 1. The number of hydrogen-bond acceptors (Lipinski definition) is 5. The van der Waals surface area contributed by atoms with Crippen LogP contribution in [0.1, 0.15) is 41.6 Å². The van der Waals surface area contributed by atoms with Crippen molar-refractivity contribution in [2.75, 3.05) is 13.7 Å². The Labute approximate surface area is 152 Å². The van der Waals surface area contributed by atoms with E-state index in [9.17, 15) is 9.59 Å². The summed E-state index contributed by atoms with van der Waals surface area (Å²) in [5, 5.41) is 0. The van der Waals surface area contributed by atoms with Gasteiger partial charge in [0.05, 0.1) is 18.7 Å². The first-order valence-corrected chi connectivity index (χ1v) is 9.23. The Hall–Kier alpha value is -2.40. The van der Waals surface area contributed by atoms with Crippen LogP contribution in [0.15, 0.2) is 42.0 Å². The van der Waals surface area contributed by atoms with Crippen molar-refractivity contribution < 1.29 is 19.1 Å². The minimum Gasteiger partial charge on any atom is -0.465 e. The summed E-state index contributed by atoms with van der Waals surface area (Å²) in [4.78, 5) is 26.3. The highest BCUT2D eigenvalue weighted by Crippen LogP contribution is 2.55. The van der Waals surface area contributed by atoms with E-state index in [-0.39, 0.29) is 24.0 Å². The molecule has 0 aromatic heterocycles. The number of hydrogen-bond donors (Lipinski definition) is 0. The summed E-state index contributed by atoms with van der Waals surface area (Å²) in [6.07, 6.45) is 8.08. The minimum absolute atomic E-state index is 0.218. The SMILES string of the molecule is COC(=O)c1ccc(C2=CC3=CC(=O)O[C@@]34C[C@@H]2N2CCCC[C@@H]24)cc1. The van der Waals surface area contributed by atoms with Crippen molar-refractivity contribution in [2.24, 2.45) is 0 Å². The highest BCUT2D eigenvalue weighted by molar-refractivity contribution is 5.92. The van der Waals surface area contributed by atoms with Gasteiger partial charge in [-0.15, -0.1) is 0 Å². The highest BCUT2D eigenvalue weighted by atomic mass is 16.6. The van der Waals surface area contributed by atoms with Crippen LogP contribution in [0.2, 0.25) is 0 Å². The zero-order valence-corrected chi connectivity index (χ0v) is 14.7. The molecular formula is C21H21NO4. The van der Waals surface area contributed by atoms with Gasteiger partial charge in [0.15, 0.2) is 5.60 Å². The highest BCUT2D eigenvalue weighted by Gasteiger charge is 2.61. The van der Waals surface area contributed by atoms with Crippen molar-refractivity contribution in [1.29, 1.82) is 0 Å². The number of benzene rings is 1. The van der Waals surface area contributed by atoms with Gasteiger partial charge >= 0.3 is 11.9 Å². The van der Waals surface area contributed by atoms with Crippen molar-refractivity contribution in [2.45, 2.75) is 43.4 Å². The molecule has 1 aromatic carbocycles. The number of esters is 2. The summed E-state index contributed by atoms with van der Waals surface area (Å²) in [5.74, 6) is -0.549. The molecule has 2 bridgehead atoms. The molecule has 5 heteroatoms. The minimum atomic E-state index is -0.447. The Balaban J connectivity index is 1.57. The molecule has 1 aromatic rings. The van der Waals surface area contributed by atoms with Crippen molar-refractivity contribution in [3.05, 3.63) is 53.1 Å². The molecule has 4 aliphatic rings. The predicted octanol–water partition coefficient (Wildman–Crippen LogP) is 2.72. The third-order valence-corrected chi connectivity index (χ3v) is 6.33. The Morgan fingerprint density at radius 1 is 1.23 bits per heavy atom. The van der Waals surface area contributed by atoms with E-state index in [2.05, 4.69) is 11.0 Å². The molecule has 3 aliphatic heterocycles. The Morgan fingerprint density at radius 3 is 2.81 bits per heavy atom. The van der Waals surface area contributed by atoms with Gasteiger partial charge in [-0.2, -0.15) is 0 Å². The molecule has 0 amide bonds. The number of carbonyl (C=O) groups excluding carboxylic acids is 2. The summed E-state index contributed by atoms with van der Waals surface area (Å²) >= 11 is 0. The third kappa shape index (κ3) is 2.07. The van der Waals surface area contributed by atoms with Crippen molar-refractivity contribution in [3.63, 3.8) is 0 Å². The maximum atomic E-state index is 12.1. The van der Waals surface area contributed by atoms with Gasteiger partial charge in [0.1, 0.15) is 0 Å². The molecule has 1 aliphatic carbocycles. The summed E-state index contributed by atoms with van der Waals surface area (Å²) in [6.45, 7) is 1.04. The number of carbonyl (C=O) groups is 2. The van der Waals surface area contributed by atoms with Crippen LogP contribution in [0, 0.1) is 0 Å². The van der Waals surface area contributed by atoms with Gasteiger partial charge in [0, 0.05) is 24.1 Å². The molecule has 0 N–H and O–H groups in total. The first-order valence-electron chi connectivity index (χ1n) is 9.23. The molecular weight excluding hydrogens is 330 g/mol. The van der Waals surface area contributed by atoms with Crippen LogP contribution < -0.4 is 0 Å². The quantitative estimate of drug-likeness (QED) is 0.767. The molecule has 2 fully saturated rings. The topological polar surface area (TPSA) is 55.8 Å². The number of ether oxygens (including phenoxy) is 2. The molecule has 2 saturated heterocycles. The largest absolute Gasteiger partial charge is 0.465 e. The maximum Gasteiger partial charge on any atom is 0.337 e. The molecule has 0 saturated carbocycles. The maximum absolute atomic E-state index is 12.1. The van der Waals surface area contributed by atoms with Gasteiger partial charge in [-0.1, -0.05) is 18.6 Å². The molecule has 1 spiro atoms. The zero-order valence-electron chi connectivity index (χ0n) is 14.7. The van der Waals surface area contributed by atoms with Crippen molar-refractivity contribution >= 4 is 17.5 Å². The normalized spacial score (nSPS) is 32.3. The number of methoxy groups -OCH3 is 1. The second kappa shape index (κ2) is 5.55. The molecule has 134 valence electrons. The van der Waals surface area contributed by atoms with E-state index in [1.807, 2.05) is 12.1 Å². The average Bonchev–Trinajstić information content (AvgIpc) is 3.15. The standard InChI is InChI=1S/C21H21NO4/c1-25-20(24)14-7-5-13(6-8-14)16-10-15-11-19(23)26-21(15)12-17(16)22-9-3-2-4-18(21)22/h5-8,10-11,17-18H,2-4,9,12H2,1H3/t17-,18+,21-/m0/s1. The lowest BCUT2D eigenvalue weighted by atomic mass is 9.77. The monoisotopic (exact) mass is 351 g/mol. The van der Waals surface area contributed by atoms with E-state index in [0.29, 0.717) is 5.56 Å². The molecule has 5 rings (SSSR count). The Bertz CT molecular complexity index is 853. The van der Waals surface area contributed by atoms with Crippen molar-refractivity contribution in [3.8, 4) is 0 Å². The number of fused-ring (bicyclic) bond motifs is 3. The Morgan fingerprint density at radius 2 is 2.04 bits per heavy atom. The van der Waals surface area contributed by atoms with Gasteiger partial charge in [-0.3, -0.25) is 4.90 Å². The molecule has 5 nitrogen and oxygen atoms in total. The lowest BCUT2D eigenvalue weighted by molar-refractivity contribution is -0.148. The second-order valence-corrected chi connectivity index (χ2v) is 7.55. The van der Waals surface area contributed by atoms with E-state index in [4.69, 9.17) is 9.47 Å². The Kier molecular flexibility index (Phi) is 3.38. The lowest BCUT2D eigenvalue weighted by Crippen LogP contribution is -2.48. The van der Waals surface area contributed by atoms with Crippen LogP contribution in [-0.4, -0.2) is 48.2 Å². The van der Waals surface area contributed by atoms with Crippen molar-refractivity contribution in [1.82, 2.24) is 4.90 Å². The van der Waals surface area contributed by atoms with Gasteiger partial charge in [-0.05, 0) is 48.7 Å². The van der Waals surface area contributed by atoms with Crippen LogP contribution >= 0.6 is 0 Å². The second-order valence-electron chi connectivity index (χ2n) is 7.55. The predicted molar refractivity (Wildman–Crippen MR) is 95.4 cm³/mol. The van der Waals surface area contributed by atoms with Gasteiger partial charge in [0.2, 0.25) is 0 Å². The van der Waals surface area contributed by atoms with E-state index >= 15 is 0 Å². The fraction of sp³-hybridized carbons (Fsp3) is 0.429. The van der Waals surface area contributed by atoms with Gasteiger partial charge < -0.3 is 9.47 Å². The van der Waals surface area contributed by atoms with E-state index in [1.165, 1.54) is 25.5 Å². The molecule has 3 atom stereocenters. The summed E-state index contributed by atoms with van der Waals surface area (Å²) < 4.78 is 10.7. The summed E-state index contributed by atoms with van der Waals surface area (Å²) in [7, 11) is 1.39. The third-order valence-electron chi connectivity index (χ3n) is 6.33. The molecule has 0 radical (unpaired) electrons. The van der Waals surface area contributed by atoms with Crippen LogP contribution in [0.25, 0.3) is 5.57 Å². The van der Waals surface area contributed by atoms with E-state index in [1.54, 1.807) is 18.2 Å². The molecule has 26 heavy (non-hydrogen) atoms. The lowest BCUT2D eigenvalue weighted by Gasteiger charge is -2.37. The van der Waals surface area contributed by atoms with Crippen LogP contribution in [0.3, 0.4) is 0 Å². The van der Waals surface area contributed by atoms with Crippen LogP contribution in [-0.2, 0) is 14.3 Å². The van der Waals surface area contributed by atoms with Gasteiger partial charge in [0.25, 0.3) is 0 Å². The fourth-order valence-corrected chi connectivity index (χ4v) is 5.21. The first kappa shape index (κ1) is 15.8. The smallest absolute Gasteiger partial charge is 0.337 e. The van der Waals surface area contributed by atoms with E-state index < -0.39 is 5.60 Å². The van der Waals surface area contributed by atoms with Crippen LogP contribution in [0.5, 0.6) is 0 Å². The van der Waals surface area contributed by atoms with Gasteiger partial charge in [-0.25, -0.2) is 9.59 Å². The zero-order chi connectivity index (χ0) is 17.9. The molecule has 3 heterocycles. The summed E-state index contributed by atoms with van der Waals surface area (Å²) in [5.41, 5.74) is 3.41. The number of nitrogens with zero attached hydrogens (tertiary/aromatic N) is 1. The average molecular weight is 351 g/mol. The number of rotatable bonds is 2. The molecule has 0 unspecified atom stereocenters. The summed E-state index contributed by atoms with van der Waals surface area (Å²) in [6, 6.07) is 8.09. The van der Waals surface area contributed by atoms with E-state index in [0.717, 1.165) is 30.5 Å². The van der Waals surface area contributed by atoms with Crippen LogP contribution in [0.4, 0.5) is 0 Å².